The van der Waals surface area contributed by atoms with Crippen molar-refractivity contribution in [2.45, 2.75) is 32.1 Å². The Balaban J connectivity index is 2.16. The maximum absolute atomic E-state index is 10.9. The number of hydrogen-bond donors (Lipinski definition) is 1. The molecule has 6 heteroatoms. The summed E-state index contributed by atoms with van der Waals surface area (Å²) in [7, 11) is 1.54. The SMILES string of the molecule is COc1cc([N+](=O)[O-])ccc1N1CCCCC(CCO)CC1. The minimum Gasteiger partial charge on any atom is -0.494 e. The van der Waals surface area contributed by atoms with Crippen molar-refractivity contribution in [3.63, 3.8) is 0 Å². The molecule has 1 fully saturated rings. The van der Waals surface area contributed by atoms with Gasteiger partial charge in [0.25, 0.3) is 5.69 Å². The maximum atomic E-state index is 10.9. The van der Waals surface area contributed by atoms with E-state index in [4.69, 9.17) is 9.84 Å². The van der Waals surface area contributed by atoms with E-state index in [9.17, 15) is 10.1 Å². The molecule has 1 aromatic carbocycles. The summed E-state index contributed by atoms with van der Waals surface area (Å²) in [5, 5.41) is 20.0. The third-order valence-electron chi connectivity index (χ3n) is 4.35. The topological polar surface area (TPSA) is 75.8 Å². The van der Waals surface area contributed by atoms with Gasteiger partial charge in [0.1, 0.15) is 5.75 Å². The minimum atomic E-state index is -0.406. The van der Waals surface area contributed by atoms with E-state index in [1.165, 1.54) is 18.6 Å². The Labute approximate surface area is 130 Å². The first kappa shape index (κ1) is 16.5. The standard InChI is InChI=1S/C16H24N2O4/c1-22-16-12-14(18(20)21)5-6-15(16)17-9-3-2-4-13(7-10-17)8-11-19/h5-6,12-13,19H,2-4,7-11H2,1H3. The van der Waals surface area contributed by atoms with Gasteiger partial charge in [0.15, 0.2) is 0 Å². The molecule has 6 nitrogen and oxygen atoms in total. The van der Waals surface area contributed by atoms with E-state index in [1.54, 1.807) is 13.2 Å². The lowest BCUT2D eigenvalue weighted by Gasteiger charge is -2.30. The van der Waals surface area contributed by atoms with Crippen LogP contribution in [0.15, 0.2) is 18.2 Å². The van der Waals surface area contributed by atoms with Gasteiger partial charge in [-0.05, 0) is 31.2 Å². The number of aliphatic hydroxyl groups is 1. The van der Waals surface area contributed by atoms with Gasteiger partial charge in [0.2, 0.25) is 0 Å². The molecule has 0 bridgehead atoms. The summed E-state index contributed by atoms with van der Waals surface area (Å²) in [5.74, 6) is 1.10. The van der Waals surface area contributed by atoms with Crippen LogP contribution in [0.25, 0.3) is 0 Å². The number of non-ortho nitro benzene ring substituents is 1. The molecule has 0 radical (unpaired) electrons. The van der Waals surface area contributed by atoms with E-state index in [1.807, 2.05) is 0 Å². The van der Waals surface area contributed by atoms with Crippen molar-refractivity contribution in [3.8, 4) is 5.75 Å². The zero-order valence-corrected chi connectivity index (χ0v) is 13.0. The molecule has 1 heterocycles. The molecule has 2 rings (SSSR count). The van der Waals surface area contributed by atoms with Crippen molar-refractivity contribution < 1.29 is 14.8 Å². The molecule has 0 aliphatic carbocycles. The van der Waals surface area contributed by atoms with E-state index in [-0.39, 0.29) is 12.3 Å². The Morgan fingerprint density at radius 1 is 1.36 bits per heavy atom. The molecule has 0 saturated carbocycles. The van der Waals surface area contributed by atoms with Crippen LogP contribution in [0.3, 0.4) is 0 Å². The van der Waals surface area contributed by atoms with Crippen LogP contribution in [0.2, 0.25) is 0 Å². The molecule has 0 aromatic heterocycles. The Kier molecular flexibility index (Phi) is 6.00. The van der Waals surface area contributed by atoms with Crippen molar-refractivity contribution in [1.82, 2.24) is 0 Å². The van der Waals surface area contributed by atoms with Crippen LogP contribution in [0.4, 0.5) is 11.4 Å². The number of nitro groups is 1. The van der Waals surface area contributed by atoms with Gasteiger partial charge in [0.05, 0.1) is 23.8 Å². The summed E-state index contributed by atoms with van der Waals surface area (Å²) in [6.07, 6.45) is 5.29. The van der Waals surface area contributed by atoms with Crippen LogP contribution >= 0.6 is 0 Å². The fraction of sp³-hybridized carbons (Fsp3) is 0.625. The highest BCUT2D eigenvalue weighted by molar-refractivity contribution is 5.62. The summed E-state index contributed by atoms with van der Waals surface area (Å²) >= 11 is 0. The Bertz CT molecular complexity index is 507. The van der Waals surface area contributed by atoms with Gasteiger partial charge < -0.3 is 14.7 Å². The van der Waals surface area contributed by atoms with Crippen LogP contribution in [-0.4, -0.2) is 36.8 Å². The first-order valence-corrected chi connectivity index (χ1v) is 7.84. The van der Waals surface area contributed by atoms with Crippen LogP contribution < -0.4 is 9.64 Å². The van der Waals surface area contributed by atoms with Crippen LogP contribution in [0.1, 0.15) is 32.1 Å². The first-order chi connectivity index (χ1) is 10.7. The summed E-state index contributed by atoms with van der Waals surface area (Å²) in [4.78, 5) is 12.7. The van der Waals surface area contributed by atoms with Crippen molar-refractivity contribution in [2.24, 2.45) is 5.92 Å². The smallest absolute Gasteiger partial charge is 0.273 e. The fourth-order valence-corrected chi connectivity index (χ4v) is 3.08. The second-order valence-corrected chi connectivity index (χ2v) is 5.76. The normalized spacial score (nSPS) is 19.4. The molecule has 1 unspecified atom stereocenters. The van der Waals surface area contributed by atoms with Crippen molar-refractivity contribution in [1.29, 1.82) is 0 Å². The Hall–Kier alpha value is -1.82. The second-order valence-electron chi connectivity index (χ2n) is 5.76. The molecule has 1 saturated heterocycles. The average molecular weight is 308 g/mol. The highest BCUT2D eigenvalue weighted by Gasteiger charge is 2.19. The molecule has 1 N–H and O–H groups in total. The fourth-order valence-electron chi connectivity index (χ4n) is 3.08. The predicted molar refractivity (Wildman–Crippen MR) is 85.5 cm³/mol. The molecule has 1 atom stereocenters. The van der Waals surface area contributed by atoms with Gasteiger partial charge in [0, 0.05) is 25.8 Å². The number of rotatable bonds is 5. The molecule has 1 aliphatic rings. The Morgan fingerprint density at radius 2 is 2.18 bits per heavy atom. The third kappa shape index (κ3) is 4.10. The molecule has 22 heavy (non-hydrogen) atoms. The number of methoxy groups -OCH3 is 1. The van der Waals surface area contributed by atoms with Crippen LogP contribution in [-0.2, 0) is 0 Å². The van der Waals surface area contributed by atoms with Gasteiger partial charge >= 0.3 is 0 Å². The minimum absolute atomic E-state index is 0.0470. The molecule has 1 aromatic rings. The van der Waals surface area contributed by atoms with E-state index in [0.717, 1.165) is 44.5 Å². The zero-order valence-electron chi connectivity index (χ0n) is 13.0. The quantitative estimate of drug-likeness (QED) is 0.668. The number of hydrogen-bond acceptors (Lipinski definition) is 5. The number of aliphatic hydroxyl groups excluding tert-OH is 1. The summed E-state index contributed by atoms with van der Waals surface area (Å²) in [6.45, 7) is 2.06. The maximum Gasteiger partial charge on any atom is 0.273 e. The Morgan fingerprint density at radius 3 is 2.86 bits per heavy atom. The molecular weight excluding hydrogens is 284 g/mol. The lowest BCUT2D eigenvalue weighted by atomic mass is 9.93. The molecular formula is C16H24N2O4. The predicted octanol–water partition coefficient (Wildman–Crippen LogP) is 2.98. The van der Waals surface area contributed by atoms with Gasteiger partial charge in [-0.15, -0.1) is 0 Å². The average Bonchev–Trinajstić information content (AvgIpc) is 2.50. The van der Waals surface area contributed by atoms with Crippen molar-refractivity contribution >= 4 is 11.4 Å². The number of ether oxygens (including phenoxy) is 1. The van der Waals surface area contributed by atoms with Gasteiger partial charge in [-0.2, -0.15) is 0 Å². The van der Waals surface area contributed by atoms with Gasteiger partial charge in [-0.3, -0.25) is 10.1 Å². The number of nitrogens with zero attached hydrogens (tertiary/aromatic N) is 2. The van der Waals surface area contributed by atoms with E-state index >= 15 is 0 Å². The van der Waals surface area contributed by atoms with Gasteiger partial charge in [-0.25, -0.2) is 0 Å². The summed E-state index contributed by atoms with van der Waals surface area (Å²) < 4.78 is 5.35. The monoisotopic (exact) mass is 308 g/mol. The lowest BCUT2D eigenvalue weighted by molar-refractivity contribution is -0.384. The molecule has 0 amide bonds. The largest absolute Gasteiger partial charge is 0.494 e. The van der Waals surface area contributed by atoms with Crippen LogP contribution in [0, 0.1) is 16.0 Å². The number of anilines is 1. The van der Waals surface area contributed by atoms with Crippen molar-refractivity contribution in [3.05, 3.63) is 28.3 Å². The second kappa shape index (κ2) is 7.98. The first-order valence-electron chi connectivity index (χ1n) is 7.84. The number of benzene rings is 1. The van der Waals surface area contributed by atoms with E-state index in [2.05, 4.69) is 4.90 Å². The zero-order chi connectivity index (χ0) is 15.9. The highest BCUT2D eigenvalue weighted by atomic mass is 16.6. The van der Waals surface area contributed by atoms with Gasteiger partial charge in [-0.1, -0.05) is 12.8 Å². The number of nitro benzene ring substituents is 1. The highest BCUT2D eigenvalue weighted by Crippen LogP contribution is 2.34. The third-order valence-corrected chi connectivity index (χ3v) is 4.35. The molecule has 1 aliphatic heterocycles. The van der Waals surface area contributed by atoms with Crippen LogP contribution in [0.5, 0.6) is 5.75 Å². The summed E-state index contributed by atoms with van der Waals surface area (Å²) in [6, 6.07) is 4.79. The molecule has 122 valence electrons. The summed E-state index contributed by atoms with van der Waals surface area (Å²) in [5.41, 5.74) is 0.962. The lowest BCUT2D eigenvalue weighted by Crippen LogP contribution is -2.29. The van der Waals surface area contributed by atoms with E-state index in [0.29, 0.717) is 11.7 Å². The van der Waals surface area contributed by atoms with E-state index < -0.39 is 4.92 Å². The van der Waals surface area contributed by atoms with Crippen molar-refractivity contribution in [2.75, 3.05) is 31.7 Å². The molecule has 0 spiro atoms.